The number of rotatable bonds is 6. The van der Waals surface area contributed by atoms with Crippen molar-refractivity contribution in [2.24, 2.45) is 0 Å². The lowest BCUT2D eigenvalue weighted by Gasteiger charge is -2.22. The van der Waals surface area contributed by atoms with Crippen LogP contribution < -0.4 is 4.74 Å². The number of ether oxygens (including phenoxy) is 1. The van der Waals surface area contributed by atoms with Gasteiger partial charge < -0.3 is 19.4 Å². The second kappa shape index (κ2) is 11.8. The van der Waals surface area contributed by atoms with Crippen LogP contribution in [0.3, 0.4) is 0 Å². The summed E-state index contributed by atoms with van der Waals surface area (Å²) in [6, 6.07) is 14.9. The Labute approximate surface area is 208 Å². The highest BCUT2D eigenvalue weighted by atomic mass is 19.1. The molecule has 36 heavy (non-hydrogen) atoms. The quantitative estimate of drug-likeness (QED) is 0.338. The van der Waals surface area contributed by atoms with Crippen LogP contribution in [0.2, 0.25) is 0 Å². The minimum absolute atomic E-state index is 0.133. The molecule has 0 aliphatic heterocycles. The number of carboxylic acids is 1. The molecule has 1 fully saturated rings. The number of aryl methyl sites for hydroxylation is 1. The van der Waals surface area contributed by atoms with Crippen LogP contribution in [-0.4, -0.2) is 38.9 Å². The van der Waals surface area contributed by atoms with Gasteiger partial charge in [0, 0.05) is 5.56 Å². The molecule has 7 nitrogen and oxygen atoms in total. The number of hydrogen-bond donors (Lipinski definition) is 2. The number of carbonyl (C=O) groups is 1. The van der Waals surface area contributed by atoms with Crippen molar-refractivity contribution in [1.29, 1.82) is 0 Å². The zero-order chi connectivity index (χ0) is 25.5. The summed E-state index contributed by atoms with van der Waals surface area (Å²) in [4.78, 5) is 17.9. The Morgan fingerprint density at radius 3 is 2.42 bits per heavy atom. The van der Waals surface area contributed by atoms with Gasteiger partial charge in [-0.3, -0.25) is 0 Å². The van der Waals surface area contributed by atoms with E-state index in [0.29, 0.717) is 28.3 Å². The Balaban J connectivity index is 0.000000556. The van der Waals surface area contributed by atoms with Gasteiger partial charge in [-0.05, 0) is 55.4 Å². The second-order valence-electron chi connectivity index (χ2n) is 8.63. The number of halogens is 1. The third-order valence-corrected chi connectivity index (χ3v) is 6.19. The number of carboxylic acid groups (broad SMARTS) is 1. The minimum Gasteiger partial charge on any atom is -0.480 e. The number of benzene rings is 2. The molecule has 5 rings (SSSR count). The van der Waals surface area contributed by atoms with E-state index in [4.69, 9.17) is 24.2 Å². The van der Waals surface area contributed by atoms with E-state index in [1.807, 2.05) is 12.1 Å². The average Bonchev–Trinajstić information content (AvgIpc) is 3.30. The van der Waals surface area contributed by atoms with E-state index in [2.05, 4.69) is 29.0 Å². The average molecular weight is 493 g/mol. The summed E-state index contributed by atoms with van der Waals surface area (Å²) >= 11 is 0. The Hall–Kier alpha value is -3.78. The first-order valence-corrected chi connectivity index (χ1v) is 12.1. The highest BCUT2D eigenvalue weighted by Crippen LogP contribution is 2.44. The monoisotopic (exact) mass is 492 g/mol. The van der Waals surface area contributed by atoms with E-state index in [0.717, 1.165) is 43.2 Å². The van der Waals surface area contributed by atoms with Gasteiger partial charge in [-0.25, -0.2) is 19.2 Å². The standard InChI is InChI=1S/C26H25FN2O2.C2H4O3/c1-2-17-12-14-18(15-13-17)22-23-25(30-19-8-4-3-5-9-19)28-16-29-26(23)31-24(22)20-10-6-7-11-21(20)27;3-1-2(4)5/h6-7,10-16,19H,2-5,8-9H2,1H3;3H,1H2,(H,4,5). The lowest BCUT2D eigenvalue weighted by atomic mass is 9.97. The Bertz CT molecular complexity index is 1310. The van der Waals surface area contributed by atoms with Crippen LogP contribution in [-0.2, 0) is 11.2 Å². The molecule has 0 atom stereocenters. The number of hydrogen-bond acceptors (Lipinski definition) is 6. The van der Waals surface area contributed by atoms with Crippen LogP contribution >= 0.6 is 0 Å². The molecule has 0 unspecified atom stereocenters. The van der Waals surface area contributed by atoms with Crippen LogP contribution in [0.25, 0.3) is 33.6 Å². The van der Waals surface area contributed by atoms with Crippen molar-refractivity contribution in [2.45, 2.75) is 51.6 Å². The molecule has 1 saturated carbocycles. The third kappa shape index (κ3) is 5.71. The van der Waals surface area contributed by atoms with Crippen molar-refractivity contribution in [3.8, 4) is 28.3 Å². The van der Waals surface area contributed by atoms with Crippen molar-refractivity contribution in [3.05, 3.63) is 66.2 Å². The molecule has 2 N–H and O–H groups in total. The maximum atomic E-state index is 14.8. The summed E-state index contributed by atoms with van der Waals surface area (Å²) in [6.45, 7) is 1.34. The fourth-order valence-electron chi connectivity index (χ4n) is 4.35. The fraction of sp³-hybridized carbons (Fsp3) is 0.321. The molecule has 0 radical (unpaired) electrons. The second-order valence-corrected chi connectivity index (χ2v) is 8.63. The summed E-state index contributed by atoms with van der Waals surface area (Å²) in [7, 11) is 0. The van der Waals surface area contributed by atoms with Gasteiger partial charge in [-0.2, -0.15) is 0 Å². The van der Waals surface area contributed by atoms with Gasteiger partial charge in [0.15, 0.2) is 0 Å². The first-order chi connectivity index (χ1) is 17.5. The van der Waals surface area contributed by atoms with Crippen LogP contribution in [0.5, 0.6) is 5.88 Å². The molecule has 8 heteroatoms. The van der Waals surface area contributed by atoms with Crippen molar-refractivity contribution >= 4 is 17.1 Å². The van der Waals surface area contributed by atoms with Gasteiger partial charge in [0.25, 0.3) is 0 Å². The number of furan rings is 1. The maximum Gasteiger partial charge on any atom is 0.329 e. The lowest BCUT2D eigenvalue weighted by Crippen LogP contribution is -2.20. The molecular formula is C28H29FN2O5. The first-order valence-electron chi connectivity index (χ1n) is 12.1. The summed E-state index contributed by atoms with van der Waals surface area (Å²) in [6.07, 6.45) is 8.15. The van der Waals surface area contributed by atoms with E-state index in [1.165, 1.54) is 24.4 Å². The van der Waals surface area contributed by atoms with Crippen molar-refractivity contribution < 1.29 is 28.6 Å². The van der Waals surface area contributed by atoms with E-state index >= 15 is 0 Å². The van der Waals surface area contributed by atoms with E-state index in [1.54, 1.807) is 18.2 Å². The number of aliphatic carboxylic acids is 1. The first kappa shape index (κ1) is 25.3. The number of fused-ring (bicyclic) bond motifs is 1. The highest BCUT2D eigenvalue weighted by Gasteiger charge is 2.26. The van der Waals surface area contributed by atoms with Gasteiger partial charge >= 0.3 is 5.97 Å². The largest absolute Gasteiger partial charge is 0.480 e. The number of aromatic nitrogens is 2. The van der Waals surface area contributed by atoms with E-state index in [-0.39, 0.29) is 11.9 Å². The summed E-state index contributed by atoms with van der Waals surface area (Å²) in [5.74, 6) is -0.565. The summed E-state index contributed by atoms with van der Waals surface area (Å²) in [5, 5.41) is 15.7. The Kier molecular flexibility index (Phi) is 8.28. The highest BCUT2D eigenvalue weighted by molar-refractivity contribution is 6.03. The van der Waals surface area contributed by atoms with E-state index in [9.17, 15) is 4.39 Å². The van der Waals surface area contributed by atoms with Gasteiger partial charge in [0.05, 0.1) is 5.56 Å². The SMILES string of the molecule is CCc1ccc(-c2c(-c3ccccc3F)oc3ncnc(OC4CCCCC4)c23)cc1.O=C(O)CO. The molecule has 0 saturated heterocycles. The van der Waals surface area contributed by atoms with Gasteiger partial charge in [-0.1, -0.05) is 49.7 Å². The Morgan fingerprint density at radius 2 is 1.78 bits per heavy atom. The van der Waals surface area contributed by atoms with Gasteiger partial charge in [0.1, 0.15) is 36.0 Å². The number of nitrogens with zero attached hydrogens (tertiary/aromatic N) is 2. The summed E-state index contributed by atoms with van der Waals surface area (Å²) < 4.78 is 27.3. The fourth-order valence-corrected chi connectivity index (χ4v) is 4.35. The molecular weight excluding hydrogens is 463 g/mol. The normalized spacial score (nSPS) is 13.8. The summed E-state index contributed by atoms with van der Waals surface area (Å²) in [5.41, 5.74) is 3.75. The van der Waals surface area contributed by atoms with Crippen molar-refractivity contribution in [2.75, 3.05) is 6.61 Å². The predicted molar refractivity (Wildman–Crippen MR) is 134 cm³/mol. The van der Waals surface area contributed by atoms with Crippen LogP contribution in [0.1, 0.15) is 44.6 Å². The molecule has 0 spiro atoms. The number of aliphatic hydroxyl groups excluding tert-OH is 1. The maximum absolute atomic E-state index is 14.8. The minimum atomic E-state index is -1.19. The molecule has 2 aromatic heterocycles. The molecule has 0 bridgehead atoms. The lowest BCUT2D eigenvalue weighted by molar-refractivity contribution is -0.140. The van der Waals surface area contributed by atoms with Crippen molar-refractivity contribution in [1.82, 2.24) is 9.97 Å². The van der Waals surface area contributed by atoms with E-state index < -0.39 is 12.6 Å². The predicted octanol–water partition coefficient (Wildman–Crippen LogP) is 6.03. The molecule has 1 aliphatic carbocycles. The molecule has 2 heterocycles. The van der Waals surface area contributed by atoms with Crippen molar-refractivity contribution in [3.63, 3.8) is 0 Å². The number of aliphatic hydroxyl groups is 1. The van der Waals surface area contributed by atoms with Crippen LogP contribution in [0.4, 0.5) is 4.39 Å². The topological polar surface area (TPSA) is 106 Å². The molecule has 2 aromatic carbocycles. The zero-order valence-corrected chi connectivity index (χ0v) is 20.1. The van der Waals surface area contributed by atoms with Crippen LogP contribution in [0.15, 0.2) is 59.3 Å². The van der Waals surface area contributed by atoms with Crippen LogP contribution in [0, 0.1) is 5.82 Å². The van der Waals surface area contributed by atoms with Gasteiger partial charge in [0.2, 0.25) is 11.6 Å². The third-order valence-electron chi connectivity index (χ3n) is 6.19. The molecule has 4 aromatic rings. The zero-order valence-electron chi connectivity index (χ0n) is 20.1. The smallest absolute Gasteiger partial charge is 0.329 e. The Morgan fingerprint density at radius 1 is 1.08 bits per heavy atom. The molecule has 0 amide bonds. The molecule has 1 aliphatic rings. The van der Waals surface area contributed by atoms with Gasteiger partial charge in [-0.15, -0.1) is 0 Å². The molecule has 188 valence electrons.